The van der Waals surface area contributed by atoms with E-state index in [-0.39, 0.29) is 24.6 Å². The molecule has 1 rings (SSSR count). The Hall–Kier alpha value is -0.483. The predicted octanol–water partition coefficient (Wildman–Crippen LogP) is -0.577. The molecule has 0 radical (unpaired) electrons. The molecule has 1 aromatic rings. The van der Waals surface area contributed by atoms with Crippen LogP contribution < -0.4 is 28.3 Å². The molecule has 0 saturated heterocycles. The Morgan fingerprint density at radius 2 is 1.75 bits per heavy atom. The summed E-state index contributed by atoms with van der Waals surface area (Å²) in [4.78, 5) is 11.8. The zero-order chi connectivity index (χ0) is 11.3. The van der Waals surface area contributed by atoms with Gasteiger partial charge in [0, 0.05) is 0 Å². The normalized spacial score (nSPS) is 9.19. The van der Waals surface area contributed by atoms with Gasteiger partial charge in [0.15, 0.2) is 5.78 Å². The van der Waals surface area contributed by atoms with Gasteiger partial charge in [-0.2, -0.15) is 6.16 Å². The van der Waals surface area contributed by atoms with Crippen molar-refractivity contribution in [3.05, 3.63) is 23.8 Å². The molecule has 0 aliphatic carbocycles. The summed E-state index contributed by atoms with van der Waals surface area (Å²) in [5.74, 6) is 1.12. The fraction of sp³-hybridized carbons (Fsp3) is 0.364. The maximum atomic E-state index is 11.8. The number of ketones is 1. The van der Waals surface area contributed by atoms with Crippen LogP contribution in [0.1, 0.15) is 16.8 Å². The monoisotopic (exact) mass is 232 g/mol. The minimum absolute atomic E-state index is 0. The Labute approximate surface area is 110 Å². The Morgan fingerprint density at radius 1 is 1.25 bits per heavy atom. The molecule has 0 bridgehead atoms. The third kappa shape index (κ3) is 3.52. The van der Waals surface area contributed by atoms with E-state index in [1.54, 1.807) is 32.4 Å². The van der Waals surface area contributed by atoms with Gasteiger partial charge in [0.25, 0.3) is 0 Å². The van der Waals surface area contributed by atoms with E-state index in [0.29, 0.717) is 29.6 Å². The fourth-order valence-corrected chi connectivity index (χ4v) is 1.59. The van der Waals surface area contributed by atoms with Crippen LogP contribution >= 0.6 is 9.24 Å². The van der Waals surface area contributed by atoms with Gasteiger partial charge in [-0.25, -0.2) is 0 Å². The molecule has 16 heavy (non-hydrogen) atoms. The first-order valence-corrected chi connectivity index (χ1v) is 5.34. The van der Waals surface area contributed by atoms with Crippen LogP contribution in [0.5, 0.6) is 11.5 Å². The molecule has 0 saturated carbocycles. The van der Waals surface area contributed by atoms with E-state index in [1.807, 2.05) is 0 Å². The summed E-state index contributed by atoms with van der Waals surface area (Å²) in [6.07, 6.45) is 1.05. The maximum Gasteiger partial charge on any atom is 1.00 e. The van der Waals surface area contributed by atoms with Crippen molar-refractivity contribution in [1.82, 2.24) is 0 Å². The summed E-state index contributed by atoms with van der Waals surface area (Å²) in [6.45, 7) is 0. The molecule has 3 nitrogen and oxygen atoms in total. The Bertz CT molecular complexity index is 333. The number of methoxy groups -OCH3 is 2. The zero-order valence-corrected chi connectivity index (χ0v) is 10.9. The van der Waals surface area contributed by atoms with Crippen molar-refractivity contribution in [3.63, 3.8) is 0 Å². The molecule has 0 aromatic heterocycles. The second-order valence-electron chi connectivity index (χ2n) is 2.96. The van der Waals surface area contributed by atoms with Gasteiger partial charge in [0.1, 0.15) is 17.1 Å². The third-order valence-electron chi connectivity index (χ3n) is 2.06. The first-order chi connectivity index (χ1) is 7.24. The fourth-order valence-electron chi connectivity index (χ4n) is 1.36. The van der Waals surface area contributed by atoms with Crippen molar-refractivity contribution >= 4 is 15.0 Å². The molecule has 5 heteroatoms. The van der Waals surface area contributed by atoms with Crippen molar-refractivity contribution in [3.8, 4) is 11.5 Å². The first-order valence-electron chi connectivity index (χ1n) is 4.63. The average molecular weight is 232 g/mol. The summed E-state index contributed by atoms with van der Waals surface area (Å²) >= 11 is 0. The summed E-state index contributed by atoms with van der Waals surface area (Å²) < 4.78 is 10.3. The van der Waals surface area contributed by atoms with Gasteiger partial charge in [0.2, 0.25) is 0 Å². The average Bonchev–Trinajstić information content (AvgIpc) is 2.28. The van der Waals surface area contributed by atoms with Crippen LogP contribution in [-0.4, -0.2) is 26.2 Å². The maximum absolute atomic E-state index is 11.8. The van der Waals surface area contributed by atoms with E-state index in [4.69, 9.17) is 9.47 Å². The Kier molecular flexibility index (Phi) is 7.50. The van der Waals surface area contributed by atoms with Crippen molar-refractivity contribution in [2.75, 3.05) is 20.4 Å². The minimum atomic E-state index is 0. The van der Waals surface area contributed by atoms with Crippen molar-refractivity contribution in [2.45, 2.75) is 6.42 Å². The number of hydrogen-bond acceptors (Lipinski definition) is 3. The second kappa shape index (κ2) is 7.74. The summed E-state index contributed by atoms with van der Waals surface area (Å²) in [7, 11) is 6.37. The molecule has 0 N–H and O–H groups in total. The number of benzene rings is 1. The zero-order valence-electron chi connectivity index (χ0n) is 9.87. The second-order valence-corrected chi connectivity index (χ2v) is 3.46. The Balaban J connectivity index is 0.00000225. The van der Waals surface area contributed by atoms with Crippen LogP contribution in [0.4, 0.5) is 0 Å². The Morgan fingerprint density at radius 3 is 2.12 bits per heavy atom. The van der Waals surface area contributed by atoms with Gasteiger partial charge in [0.05, 0.1) is 14.2 Å². The van der Waals surface area contributed by atoms with Gasteiger partial charge in [-0.1, -0.05) is 6.07 Å². The SMILES string of the molecule is COc1cccc(OC)c1C(=O)CC[PH-].[Li+]. The summed E-state index contributed by atoms with van der Waals surface area (Å²) in [5.41, 5.74) is 0.515. The van der Waals surface area contributed by atoms with Crippen LogP contribution in [0.15, 0.2) is 18.2 Å². The van der Waals surface area contributed by atoms with Crippen LogP contribution in [0.25, 0.3) is 0 Å². The van der Waals surface area contributed by atoms with Gasteiger partial charge in [-0.05, 0) is 18.6 Å². The van der Waals surface area contributed by atoms with Crippen molar-refractivity contribution in [1.29, 1.82) is 0 Å². The molecule has 0 amide bonds. The van der Waals surface area contributed by atoms with Crippen LogP contribution in [0, 0.1) is 0 Å². The van der Waals surface area contributed by atoms with Gasteiger partial charge in [-0.15, -0.1) is 0 Å². The van der Waals surface area contributed by atoms with Crippen molar-refractivity contribution < 1.29 is 33.1 Å². The topological polar surface area (TPSA) is 35.5 Å². The number of carbonyl (C=O) groups excluding carboxylic acids is 1. The van der Waals surface area contributed by atoms with Crippen LogP contribution in [-0.2, 0) is 0 Å². The molecule has 0 atom stereocenters. The number of ether oxygens (including phenoxy) is 2. The van der Waals surface area contributed by atoms with Gasteiger partial charge >= 0.3 is 18.9 Å². The molecule has 0 spiro atoms. The molecular formula is C11H14LiO3P. The molecule has 0 aliphatic heterocycles. The van der Waals surface area contributed by atoms with E-state index in [1.165, 1.54) is 0 Å². The number of rotatable bonds is 5. The molecule has 0 fully saturated rings. The van der Waals surface area contributed by atoms with Crippen LogP contribution in [0.2, 0.25) is 0 Å². The van der Waals surface area contributed by atoms with E-state index >= 15 is 0 Å². The summed E-state index contributed by atoms with van der Waals surface area (Å²) in [6, 6.07) is 5.30. The third-order valence-corrected chi connectivity index (χ3v) is 2.31. The predicted molar refractivity (Wildman–Crippen MR) is 61.7 cm³/mol. The smallest absolute Gasteiger partial charge is 0.558 e. The molecule has 0 unspecified atom stereocenters. The molecule has 0 aliphatic rings. The minimum Gasteiger partial charge on any atom is -0.558 e. The van der Waals surface area contributed by atoms with Gasteiger partial charge in [-0.3, -0.25) is 4.79 Å². The van der Waals surface area contributed by atoms with E-state index in [9.17, 15) is 4.79 Å². The van der Waals surface area contributed by atoms with Crippen LogP contribution in [0.3, 0.4) is 0 Å². The van der Waals surface area contributed by atoms with Gasteiger partial charge < -0.3 is 18.7 Å². The number of Topliss-reactive ketones (excluding diaryl/α,β-unsaturated/α-hetero) is 1. The molecule has 0 heterocycles. The number of hydrogen-bond donors (Lipinski definition) is 0. The molecule has 82 valence electrons. The van der Waals surface area contributed by atoms with E-state index in [0.717, 1.165) is 0 Å². The largest absolute Gasteiger partial charge is 1.00 e. The standard InChI is InChI=1S/C11H14O3P.Li/c1-13-9-4-3-5-10(14-2)11(9)8(12)6-7-15;/h3-5,15H,6-7H2,1-2H3;/q-1;+1. The van der Waals surface area contributed by atoms with E-state index < -0.39 is 0 Å². The molecule has 1 aromatic carbocycles. The van der Waals surface area contributed by atoms with E-state index in [2.05, 4.69) is 9.24 Å². The quantitative estimate of drug-likeness (QED) is 0.387. The first kappa shape index (κ1) is 15.5. The van der Waals surface area contributed by atoms with Crippen molar-refractivity contribution in [2.24, 2.45) is 0 Å². The number of carbonyl (C=O) groups is 1. The molecular weight excluding hydrogens is 218 g/mol. The summed E-state index contributed by atoms with van der Waals surface area (Å²) in [5, 5.41) is 0.